The van der Waals surface area contributed by atoms with Crippen molar-refractivity contribution >= 4 is 5.91 Å². The van der Waals surface area contributed by atoms with Crippen molar-refractivity contribution in [1.82, 2.24) is 9.88 Å². The number of hydrogen-bond donors (Lipinski definition) is 1. The molecule has 2 aromatic heterocycles. The number of hydrogen-bond acceptors (Lipinski definition) is 3. The van der Waals surface area contributed by atoms with Gasteiger partial charge in [0.25, 0.3) is 5.56 Å². The first-order chi connectivity index (χ1) is 12.1. The fourth-order valence-corrected chi connectivity index (χ4v) is 2.78. The molecule has 1 atom stereocenters. The van der Waals surface area contributed by atoms with Gasteiger partial charge >= 0.3 is 0 Å². The molecule has 0 fully saturated rings. The average Bonchev–Trinajstić information content (AvgIpc) is 3.14. The van der Waals surface area contributed by atoms with Crippen LogP contribution in [-0.2, 0) is 11.3 Å². The highest BCUT2D eigenvalue weighted by Crippen LogP contribution is 2.22. The van der Waals surface area contributed by atoms with Crippen molar-refractivity contribution in [2.24, 2.45) is 0 Å². The zero-order chi connectivity index (χ0) is 17.6. The van der Waals surface area contributed by atoms with Gasteiger partial charge < -0.3 is 14.3 Å². The van der Waals surface area contributed by atoms with Crippen LogP contribution in [0.25, 0.3) is 0 Å². The van der Waals surface area contributed by atoms with Gasteiger partial charge in [-0.2, -0.15) is 0 Å². The maximum absolute atomic E-state index is 12.4. The zero-order valence-electron chi connectivity index (χ0n) is 14.0. The third kappa shape index (κ3) is 4.07. The summed E-state index contributed by atoms with van der Waals surface area (Å²) in [4.78, 5) is 24.3. The Morgan fingerprint density at radius 1 is 1.08 bits per heavy atom. The van der Waals surface area contributed by atoms with Crippen molar-refractivity contribution in [3.63, 3.8) is 0 Å². The fourth-order valence-electron chi connectivity index (χ4n) is 2.78. The lowest BCUT2D eigenvalue weighted by Gasteiger charge is -2.17. The Balaban J connectivity index is 1.72. The van der Waals surface area contributed by atoms with Crippen LogP contribution in [0.2, 0.25) is 0 Å². The van der Waals surface area contributed by atoms with Crippen LogP contribution in [0.15, 0.2) is 76.1 Å². The second-order valence-electron chi connectivity index (χ2n) is 5.83. The number of pyridine rings is 1. The van der Waals surface area contributed by atoms with Gasteiger partial charge in [-0.3, -0.25) is 9.59 Å². The molecule has 0 unspecified atom stereocenters. The molecule has 0 bridgehead atoms. The Morgan fingerprint density at radius 3 is 2.56 bits per heavy atom. The molecule has 0 saturated carbocycles. The zero-order valence-corrected chi connectivity index (χ0v) is 14.0. The lowest BCUT2D eigenvalue weighted by molar-refractivity contribution is -0.121. The molecule has 2 heterocycles. The molecule has 1 aromatic carbocycles. The van der Waals surface area contributed by atoms with Gasteiger partial charge in [-0.15, -0.1) is 0 Å². The van der Waals surface area contributed by atoms with E-state index < -0.39 is 0 Å². The lowest BCUT2D eigenvalue weighted by atomic mass is 10.0. The molecular weight excluding hydrogens is 316 g/mol. The van der Waals surface area contributed by atoms with Crippen LogP contribution in [0.4, 0.5) is 0 Å². The second kappa shape index (κ2) is 7.66. The minimum absolute atomic E-state index is 0.0987. The standard InChI is InChI=1S/C20H20N2O3/c1-15-7-5-11-19(24)22(15)13-12-18(23)21-20(17-10-6-14-25-17)16-8-3-2-4-9-16/h2-11,14,20H,12-13H2,1H3,(H,21,23)/t20-/m1/s1. The number of furan rings is 1. The average molecular weight is 336 g/mol. The summed E-state index contributed by atoms with van der Waals surface area (Å²) in [5, 5.41) is 3.00. The fraction of sp³-hybridized carbons (Fsp3) is 0.200. The predicted octanol–water partition coefficient (Wildman–Crippen LogP) is 3.05. The molecule has 0 spiro atoms. The van der Waals surface area contributed by atoms with E-state index in [9.17, 15) is 9.59 Å². The minimum Gasteiger partial charge on any atom is -0.467 e. The number of rotatable bonds is 6. The number of amides is 1. The number of aromatic nitrogens is 1. The molecule has 1 N–H and O–H groups in total. The third-order valence-electron chi connectivity index (χ3n) is 4.10. The Labute approximate surface area is 145 Å². The van der Waals surface area contributed by atoms with Crippen molar-refractivity contribution in [2.75, 3.05) is 0 Å². The number of benzene rings is 1. The largest absolute Gasteiger partial charge is 0.467 e. The van der Waals surface area contributed by atoms with Crippen LogP contribution < -0.4 is 10.9 Å². The van der Waals surface area contributed by atoms with Gasteiger partial charge in [0.15, 0.2) is 0 Å². The smallest absolute Gasteiger partial charge is 0.250 e. The molecule has 25 heavy (non-hydrogen) atoms. The van der Waals surface area contributed by atoms with E-state index in [2.05, 4.69) is 5.32 Å². The van der Waals surface area contributed by atoms with Crippen LogP contribution in [0, 0.1) is 6.92 Å². The van der Waals surface area contributed by atoms with Gasteiger partial charge in [0.2, 0.25) is 5.91 Å². The Hall–Kier alpha value is -3.08. The van der Waals surface area contributed by atoms with E-state index in [0.717, 1.165) is 11.3 Å². The van der Waals surface area contributed by atoms with Crippen LogP contribution in [0.3, 0.4) is 0 Å². The quantitative estimate of drug-likeness (QED) is 0.752. The Kier molecular flexibility index (Phi) is 5.14. The third-order valence-corrected chi connectivity index (χ3v) is 4.10. The van der Waals surface area contributed by atoms with Gasteiger partial charge in [-0.1, -0.05) is 36.4 Å². The number of aryl methyl sites for hydroxylation is 1. The van der Waals surface area contributed by atoms with E-state index >= 15 is 0 Å². The SMILES string of the molecule is Cc1cccc(=O)n1CCC(=O)N[C@H](c1ccccc1)c1ccco1. The predicted molar refractivity (Wildman–Crippen MR) is 95.2 cm³/mol. The molecule has 0 aliphatic carbocycles. The van der Waals surface area contributed by atoms with Crippen molar-refractivity contribution in [2.45, 2.75) is 25.9 Å². The van der Waals surface area contributed by atoms with E-state index in [1.807, 2.05) is 49.4 Å². The van der Waals surface area contributed by atoms with Crippen molar-refractivity contribution < 1.29 is 9.21 Å². The topological polar surface area (TPSA) is 64.2 Å². The molecule has 5 nitrogen and oxygen atoms in total. The van der Waals surface area contributed by atoms with Gasteiger partial charge in [-0.25, -0.2) is 0 Å². The van der Waals surface area contributed by atoms with Crippen molar-refractivity contribution in [3.8, 4) is 0 Å². The van der Waals surface area contributed by atoms with Gasteiger partial charge in [0, 0.05) is 24.7 Å². The number of carbonyl (C=O) groups excluding carboxylic acids is 1. The molecule has 0 saturated heterocycles. The minimum atomic E-state index is -0.350. The highest BCUT2D eigenvalue weighted by Gasteiger charge is 2.19. The molecule has 5 heteroatoms. The first-order valence-electron chi connectivity index (χ1n) is 8.19. The number of carbonyl (C=O) groups is 1. The summed E-state index contributed by atoms with van der Waals surface area (Å²) in [5.41, 5.74) is 1.68. The highest BCUT2D eigenvalue weighted by atomic mass is 16.3. The molecule has 1 amide bonds. The van der Waals surface area contributed by atoms with Crippen LogP contribution in [-0.4, -0.2) is 10.5 Å². The normalized spacial score (nSPS) is 11.9. The summed E-state index contributed by atoms with van der Waals surface area (Å²) in [5.74, 6) is 0.535. The first-order valence-corrected chi connectivity index (χ1v) is 8.19. The summed E-state index contributed by atoms with van der Waals surface area (Å²) in [6.07, 6.45) is 1.80. The first kappa shape index (κ1) is 16.8. The Morgan fingerprint density at radius 2 is 1.88 bits per heavy atom. The molecular formula is C20H20N2O3. The molecule has 3 aromatic rings. The van der Waals surface area contributed by atoms with Gasteiger partial charge in [-0.05, 0) is 30.7 Å². The van der Waals surface area contributed by atoms with Crippen molar-refractivity contribution in [3.05, 3.63) is 94.3 Å². The van der Waals surface area contributed by atoms with E-state index in [1.165, 1.54) is 6.07 Å². The maximum atomic E-state index is 12.4. The summed E-state index contributed by atoms with van der Waals surface area (Å²) in [7, 11) is 0. The monoisotopic (exact) mass is 336 g/mol. The molecule has 0 aliphatic rings. The van der Waals surface area contributed by atoms with Gasteiger partial charge in [0.05, 0.1) is 6.26 Å². The Bertz CT molecular complexity index is 883. The van der Waals surface area contributed by atoms with E-state index in [0.29, 0.717) is 12.3 Å². The second-order valence-corrected chi connectivity index (χ2v) is 5.83. The van der Waals surface area contributed by atoms with E-state index in [4.69, 9.17) is 4.42 Å². The van der Waals surface area contributed by atoms with Crippen molar-refractivity contribution in [1.29, 1.82) is 0 Å². The van der Waals surface area contributed by atoms with Crippen LogP contribution in [0.1, 0.15) is 29.5 Å². The number of nitrogens with one attached hydrogen (secondary N) is 1. The molecule has 0 radical (unpaired) electrons. The molecule has 0 aliphatic heterocycles. The molecule has 128 valence electrons. The highest BCUT2D eigenvalue weighted by molar-refractivity contribution is 5.76. The van der Waals surface area contributed by atoms with Crippen LogP contribution >= 0.6 is 0 Å². The van der Waals surface area contributed by atoms with E-state index in [1.54, 1.807) is 23.0 Å². The maximum Gasteiger partial charge on any atom is 0.250 e. The molecule has 3 rings (SSSR count). The summed E-state index contributed by atoms with van der Waals surface area (Å²) in [6, 6.07) is 18.0. The summed E-state index contributed by atoms with van der Waals surface area (Å²) in [6.45, 7) is 2.20. The summed E-state index contributed by atoms with van der Waals surface area (Å²) < 4.78 is 7.08. The van der Waals surface area contributed by atoms with E-state index in [-0.39, 0.29) is 23.9 Å². The van der Waals surface area contributed by atoms with Gasteiger partial charge in [0.1, 0.15) is 11.8 Å². The number of nitrogens with zero attached hydrogens (tertiary/aromatic N) is 1. The summed E-state index contributed by atoms with van der Waals surface area (Å²) >= 11 is 0. The van der Waals surface area contributed by atoms with Crippen LogP contribution in [0.5, 0.6) is 0 Å². The lowest BCUT2D eigenvalue weighted by Crippen LogP contribution is -2.31.